The highest BCUT2D eigenvalue weighted by Gasteiger charge is 2.51. The van der Waals surface area contributed by atoms with Crippen molar-refractivity contribution in [3.05, 3.63) is 241 Å². The van der Waals surface area contributed by atoms with E-state index in [1.165, 1.54) is 16.5 Å². The van der Waals surface area contributed by atoms with Crippen LogP contribution in [0.3, 0.4) is 0 Å². The van der Waals surface area contributed by atoms with Gasteiger partial charge in [0.05, 0.1) is 13.8 Å². The fourth-order valence-electron chi connectivity index (χ4n) is 8.43. The van der Waals surface area contributed by atoms with E-state index in [9.17, 15) is 0 Å². The van der Waals surface area contributed by atoms with Crippen LogP contribution in [0, 0.1) is 0 Å². The lowest BCUT2D eigenvalue weighted by atomic mass is 9.77. The van der Waals surface area contributed by atoms with E-state index in [1.54, 1.807) is 0 Å². The molecule has 0 heterocycles. The molecule has 0 amide bonds. The van der Waals surface area contributed by atoms with E-state index in [2.05, 4.69) is 230 Å². The Labute approximate surface area is 329 Å². The van der Waals surface area contributed by atoms with Crippen LogP contribution < -0.4 is 15.9 Å². The first-order chi connectivity index (χ1) is 27.8. The standard InChI is InChI=1S/C53H38NOP/c1-6-21-39(22-7-1)46-37-47-45-34-18-19-35-49(45)53(48-36-20-26-38-23-16-17-33-44(38)48,55-56(42-29-12-4-13-30-42)43-31-14-5-15-32-43)51(47)50(40-24-8-2-9-25-40)52(46)54-41-27-10-3-11-28-41/h1-37,54H. The summed E-state index contributed by atoms with van der Waals surface area (Å²) in [5, 5.41) is 8.64. The van der Waals surface area contributed by atoms with Gasteiger partial charge in [0.1, 0.15) is 0 Å². The molecule has 0 bridgehead atoms. The molecule has 3 heteroatoms. The van der Waals surface area contributed by atoms with Crippen LogP contribution in [0.4, 0.5) is 11.4 Å². The molecule has 0 fully saturated rings. The van der Waals surface area contributed by atoms with Crippen molar-refractivity contribution in [3.8, 4) is 33.4 Å². The third-order valence-electron chi connectivity index (χ3n) is 10.8. The molecular formula is C53H38NOP. The molecule has 9 aromatic carbocycles. The number of anilines is 2. The van der Waals surface area contributed by atoms with Gasteiger partial charge in [0.2, 0.25) is 0 Å². The van der Waals surface area contributed by atoms with Crippen molar-refractivity contribution in [3.63, 3.8) is 0 Å². The van der Waals surface area contributed by atoms with Gasteiger partial charge in [-0.15, -0.1) is 0 Å². The first-order valence-electron chi connectivity index (χ1n) is 19.1. The summed E-state index contributed by atoms with van der Waals surface area (Å²) in [5.41, 5.74) is 11.3. The van der Waals surface area contributed by atoms with Crippen molar-refractivity contribution >= 4 is 40.9 Å². The van der Waals surface area contributed by atoms with E-state index in [0.29, 0.717) is 0 Å². The summed E-state index contributed by atoms with van der Waals surface area (Å²) in [6.07, 6.45) is 0. The zero-order valence-corrected chi connectivity index (χ0v) is 31.6. The molecule has 266 valence electrons. The van der Waals surface area contributed by atoms with E-state index in [0.717, 1.165) is 66.3 Å². The summed E-state index contributed by atoms with van der Waals surface area (Å²) in [6.45, 7) is 0. The summed E-state index contributed by atoms with van der Waals surface area (Å²) < 4.78 is 8.27. The van der Waals surface area contributed by atoms with Gasteiger partial charge in [0, 0.05) is 44.1 Å². The van der Waals surface area contributed by atoms with E-state index in [1.807, 2.05) is 0 Å². The summed E-state index contributed by atoms with van der Waals surface area (Å²) in [4.78, 5) is 0. The van der Waals surface area contributed by atoms with E-state index >= 15 is 0 Å². The van der Waals surface area contributed by atoms with Gasteiger partial charge >= 0.3 is 0 Å². The van der Waals surface area contributed by atoms with Crippen molar-refractivity contribution < 1.29 is 4.52 Å². The average molecular weight is 736 g/mol. The minimum Gasteiger partial charge on any atom is -0.355 e. The molecular weight excluding hydrogens is 698 g/mol. The quantitative estimate of drug-likeness (QED) is 0.149. The molecule has 1 aliphatic carbocycles. The largest absolute Gasteiger partial charge is 0.355 e. The minimum absolute atomic E-state index is 1.02. The monoisotopic (exact) mass is 735 g/mol. The fourth-order valence-corrected chi connectivity index (χ4v) is 10.4. The second-order valence-corrected chi connectivity index (χ2v) is 15.9. The number of hydrogen-bond acceptors (Lipinski definition) is 2. The van der Waals surface area contributed by atoms with Crippen molar-refractivity contribution in [1.29, 1.82) is 0 Å². The van der Waals surface area contributed by atoms with Gasteiger partial charge in [0.15, 0.2) is 5.60 Å². The molecule has 1 aliphatic rings. The Morgan fingerprint density at radius 1 is 0.411 bits per heavy atom. The van der Waals surface area contributed by atoms with Crippen LogP contribution in [0.15, 0.2) is 224 Å². The number of rotatable bonds is 9. The molecule has 1 atom stereocenters. The maximum absolute atomic E-state index is 8.27. The van der Waals surface area contributed by atoms with Crippen LogP contribution in [-0.4, -0.2) is 0 Å². The first-order valence-corrected chi connectivity index (χ1v) is 20.4. The molecule has 0 aliphatic heterocycles. The third-order valence-corrected chi connectivity index (χ3v) is 12.8. The minimum atomic E-state index is -1.35. The fraction of sp³-hybridized carbons (Fsp3) is 0.0189. The summed E-state index contributed by atoms with van der Waals surface area (Å²) in [5.74, 6) is 0. The van der Waals surface area contributed by atoms with Crippen molar-refractivity contribution in [2.45, 2.75) is 5.60 Å². The van der Waals surface area contributed by atoms with Gasteiger partial charge in [-0.25, -0.2) is 0 Å². The van der Waals surface area contributed by atoms with Crippen LogP contribution in [0.2, 0.25) is 0 Å². The Morgan fingerprint density at radius 3 is 1.61 bits per heavy atom. The van der Waals surface area contributed by atoms with Crippen LogP contribution in [-0.2, 0) is 10.1 Å². The van der Waals surface area contributed by atoms with Crippen molar-refractivity contribution in [2.75, 3.05) is 5.32 Å². The summed E-state index contributed by atoms with van der Waals surface area (Å²) in [6, 6.07) is 80.5. The topological polar surface area (TPSA) is 21.3 Å². The molecule has 1 unspecified atom stereocenters. The Balaban J connectivity index is 1.40. The Kier molecular flexibility index (Phi) is 8.84. The van der Waals surface area contributed by atoms with Crippen molar-refractivity contribution in [1.82, 2.24) is 0 Å². The number of benzene rings is 9. The van der Waals surface area contributed by atoms with Gasteiger partial charge in [-0.1, -0.05) is 206 Å². The summed E-state index contributed by atoms with van der Waals surface area (Å²) >= 11 is 0. The lowest BCUT2D eigenvalue weighted by Gasteiger charge is -2.39. The third kappa shape index (κ3) is 5.83. The predicted octanol–water partition coefficient (Wildman–Crippen LogP) is 13.3. The number of fused-ring (bicyclic) bond motifs is 4. The first kappa shape index (κ1) is 34.0. The van der Waals surface area contributed by atoms with Gasteiger partial charge < -0.3 is 9.84 Å². The highest BCUT2D eigenvalue weighted by atomic mass is 31.1. The van der Waals surface area contributed by atoms with Crippen LogP contribution in [0.25, 0.3) is 44.2 Å². The normalized spacial score (nSPS) is 14.4. The lowest BCUT2D eigenvalue weighted by molar-refractivity contribution is 0.191. The van der Waals surface area contributed by atoms with Crippen LogP contribution in [0.5, 0.6) is 0 Å². The summed E-state index contributed by atoms with van der Waals surface area (Å²) in [7, 11) is -1.35. The molecule has 56 heavy (non-hydrogen) atoms. The highest BCUT2D eigenvalue weighted by molar-refractivity contribution is 7.68. The van der Waals surface area contributed by atoms with Crippen molar-refractivity contribution in [2.24, 2.45) is 0 Å². The van der Waals surface area contributed by atoms with E-state index in [4.69, 9.17) is 4.52 Å². The molecule has 0 saturated carbocycles. The van der Waals surface area contributed by atoms with E-state index in [-0.39, 0.29) is 0 Å². The predicted molar refractivity (Wildman–Crippen MR) is 236 cm³/mol. The van der Waals surface area contributed by atoms with Crippen LogP contribution >= 0.6 is 8.15 Å². The Bertz CT molecular complexity index is 2750. The zero-order chi connectivity index (χ0) is 37.3. The van der Waals surface area contributed by atoms with Crippen LogP contribution in [0.1, 0.15) is 16.7 Å². The highest BCUT2D eigenvalue weighted by Crippen LogP contribution is 2.63. The Hall–Kier alpha value is -6.57. The smallest absolute Gasteiger partial charge is 0.151 e. The maximum Gasteiger partial charge on any atom is 0.151 e. The number of hydrogen-bond donors (Lipinski definition) is 1. The van der Waals surface area contributed by atoms with Gasteiger partial charge in [-0.3, -0.25) is 0 Å². The molecule has 10 rings (SSSR count). The SMILES string of the molecule is c1ccc(Nc2c(-c3ccccc3)cc3c(c2-c2ccccc2)C(OP(c2ccccc2)c2ccccc2)(c2cccc4ccccc24)c2ccccc2-3)cc1. The maximum atomic E-state index is 8.27. The molecule has 2 nitrogen and oxygen atoms in total. The molecule has 9 aromatic rings. The van der Waals surface area contributed by atoms with E-state index < -0.39 is 13.7 Å². The average Bonchev–Trinajstić information content (AvgIpc) is 3.56. The van der Waals surface area contributed by atoms with Gasteiger partial charge in [-0.2, -0.15) is 0 Å². The number of para-hydroxylation sites is 1. The second-order valence-electron chi connectivity index (χ2n) is 14.1. The second kappa shape index (κ2) is 14.6. The van der Waals surface area contributed by atoms with Gasteiger partial charge in [-0.05, 0) is 51.2 Å². The molecule has 0 saturated heterocycles. The molecule has 0 radical (unpaired) electrons. The number of nitrogens with one attached hydrogen (secondary N) is 1. The lowest BCUT2D eigenvalue weighted by Crippen LogP contribution is -2.33. The molecule has 1 N–H and O–H groups in total. The zero-order valence-electron chi connectivity index (χ0n) is 30.7. The Morgan fingerprint density at radius 2 is 0.929 bits per heavy atom. The molecule has 0 aromatic heterocycles. The molecule has 0 spiro atoms. The van der Waals surface area contributed by atoms with Gasteiger partial charge in [0.25, 0.3) is 0 Å².